The van der Waals surface area contributed by atoms with Gasteiger partial charge in [-0.1, -0.05) is 29.8 Å². The molecule has 0 aliphatic rings. The van der Waals surface area contributed by atoms with Crippen LogP contribution in [0.15, 0.2) is 29.6 Å². The molecule has 106 valence electrons. The number of hydrogen-bond donors (Lipinski definition) is 2. The van der Waals surface area contributed by atoms with Gasteiger partial charge < -0.3 is 10.6 Å². The van der Waals surface area contributed by atoms with E-state index in [0.717, 1.165) is 16.3 Å². The molecule has 2 amide bonds. The number of urea groups is 1. The highest BCUT2D eigenvalue weighted by Crippen LogP contribution is 2.13. The first kappa shape index (κ1) is 14.5. The maximum atomic E-state index is 11.8. The van der Waals surface area contributed by atoms with Crippen LogP contribution in [0.25, 0.3) is 0 Å². The van der Waals surface area contributed by atoms with E-state index in [0.29, 0.717) is 6.54 Å². The molecule has 0 radical (unpaired) electrons. The lowest BCUT2D eigenvalue weighted by Gasteiger charge is -2.15. The lowest BCUT2D eigenvalue weighted by molar-refractivity contribution is 0.237. The summed E-state index contributed by atoms with van der Waals surface area (Å²) in [4.78, 5) is 16.1. The summed E-state index contributed by atoms with van der Waals surface area (Å²) >= 11 is 1.55. The number of aryl methyl sites for hydroxylation is 2. The molecular weight excluding hydrogens is 270 g/mol. The third kappa shape index (κ3) is 4.06. The number of nitrogens with zero attached hydrogens (tertiary/aromatic N) is 1. The lowest BCUT2D eigenvalue weighted by Crippen LogP contribution is -2.36. The van der Waals surface area contributed by atoms with E-state index in [-0.39, 0.29) is 12.1 Å². The summed E-state index contributed by atoms with van der Waals surface area (Å²) in [6.07, 6.45) is 0. The average Bonchev–Trinajstić information content (AvgIpc) is 2.83. The Kier molecular flexibility index (Phi) is 4.74. The number of hydrogen-bond acceptors (Lipinski definition) is 3. The monoisotopic (exact) mass is 289 g/mol. The molecule has 0 bridgehead atoms. The van der Waals surface area contributed by atoms with Crippen molar-refractivity contribution < 1.29 is 4.79 Å². The largest absolute Gasteiger partial charge is 0.332 e. The topological polar surface area (TPSA) is 54.0 Å². The number of amides is 2. The van der Waals surface area contributed by atoms with Crippen LogP contribution in [0.5, 0.6) is 0 Å². The highest BCUT2D eigenvalue weighted by Gasteiger charge is 2.09. The quantitative estimate of drug-likeness (QED) is 0.907. The molecule has 0 spiro atoms. The summed E-state index contributed by atoms with van der Waals surface area (Å²) in [6, 6.07) is 7.96. The Bertz CT molecular complexity index is 577. The van der Waals surface area contributed by atoms with Gasteiger partial charge in [-0.2, -0.15) is 0 Å². The minimum atomic E-state index is -0.175. The second-order valence-electron chi connectivity index (χ2n) is 4.84. The molecule has 4 nitrogen and oxygen atoms in total. The van der Waals surface area contributed by atoms with Crippen LogP contribution in [0, 0.1) is 13.8 Å². The fourth-order valence-corrected chi connectivity index (χ4v) is 2.54. The van der Waals surface area contributed by atoms with Crippen molar-refractivity contribution in [2.45, 2.75) is 33.4 Å². The van der Waals surface area contributed by atoms with Gasteiger partial charge in [-0.3, -0.25) is 0 Å². The molecule has 20 heavy (non-hydrogen) atoms. The summed E-state index contributed by atoms with van der Waals surface area (Å²) < 4.78 is 0. The molecular formula is C15H19N3OS. The van der Waals surface area contributed by atoms with Crippen LogP contribution in [-0.4, -0.2) is 11.0 Å². The van der Waals surface area contributed by atoms with Crippen molar-refractivity contribution in [2.24, 2.45) is 0 Å². The van der Waals surface area contributed by atoms with Crippen molar-refractivity contribution in [3.63, 3.8) is 0 Å². The zero-order chi connectivity index (χ0) is 14.5. The maximum absolute atomic E-state index is 11.8. The molecule has 0 unspecified atom stereocenters. The Morgan fingerprint density at radius 3 is 2.60 bits per heavy atom. The predicted molar refractivity (Wildman–Crippen MR) is 81.8 cm³/mol. The maximum Gasteiger partial charge on any atom is 0.315 e. The standard InChI is InChI=1S/C15H19N3OS/c1-10-4-6-13(7-5-10)12(3)18-15(19)16-8-14-17-11(2)9-20-14/h4-7,9,12H,8H2,1-3H3,(H2,16,18,19)/t12-/m0/s1. The summed E-state index contributed by atoms with van der Waals surface area (Å²) in [5.41, 5.74) is 3.29. The van der Waals surface area contributed by atoms with Gasteiger partial charge in [0.25, 0.3) is 0 Å². The molecule has 0 saturated carbocycles. The first-order valence-corrected chi connectivity index (χ1v) is 7.44. The highest BCUT2D eigenvalue weighted by molar-refractivity contribution is 7.09. The Morgan fingerprint density at radius 1 is 1.30 bits per heavy atom. The SMILES string of the molecule is Cc1ccc([C@H](C)NC(=O)NCc2nc(C)cs2)cc1. The lowest BCUT2D eigenvalue weighted by atomic mass is 10.1. The number of carbonyl (C=O) groups is 1. The van der Waals surface area contributed by atoms with Gasteiger partial charge in [0, 0.05) is 11.1 Å². The fourth-order valence-electron chi connectivity index (χ4n) is 1.83. The Balaban J connectivity index is 1.83. The summed E-state index contributed by atoms with van der Waals surface area (Å²) in [7, 11) is 0. The van der Waals surface area contributed by atoms with Crippen molar-refractivity contribution in [1.29, 1.82) is 0 Å². The van der Waals surface area contributed by atoms with E-state index in [1.165, 1.54) is 5.56 Å². The van der Waals surface area contributed by atoms with Crippen LogP contribution in [-0.2, 0) is 6.54 Å². The van der Waals surface area contributed by atoms with Gasteiger partial charge in [-0.05, 0) is 26.3 Å². The van der Waals surface area contributed by atoms with Crippen molar-refractivity contribution >= 4 is 17.4 Å². The van der Waals surface area contributed by atoms with Crippen LogP contribution < -0.4 is 10.6 Å². The summed E-state index contributed by atoms with van der Waals surface area (Å²) in [6.45, 7) is 6.42. The first-order valence-electron chi connectivity index (χ1n) is 6.56. The van der Waals surface area contributed by atoms with E-state index in [1.807, 2.05) is 50.4 Å². The molecule has 0 fully saturated rings. The molecule has 1 heterocycles. The second kappa shape index (κ2) is 6.52. The third-order valence-electron chi connectivity index (χ3n) is 2.99. The van der Waals surface area contributed by atoms with Crippen LogP contribution in [0.1, 0.15) is 34.8 Å². The van der Waals surface area contributed by atoms with Crippen LogP contribution in [0.2, 0.25) is 0 Å². The number of carbonyl (C=O) groups excluding carboxylic acids is 1. The van der Waals surface area contributed by atoms with Gasteiger partial charge >= 0.3 is 6.03 Å². The molecule has 0 saturated heterocycles. The zero-order valence-electron chi connectivity index (χ0n) is 11.9. The van der Waals surface area contributed by atoms with Crippen molar-refractivity contribution in [1.82, 2.24) is 15.6 Å². The molecule has 1 aromatic heterocycles. The van der Waals surface area contributed by atoms with Gasteiger partial charge in [-0.25, -0.2) is 9.78 Å². The van der Waals surface area contributed by atoms with E-state index in [2.05, 4.69) is 15.6 Å². The smallest absolute Gasteiger partial charge is 0.315 e. The van der Waals surface area contributed by atoms with Gasteiger partial charge in [0.1, 0.15) is 5.01 Å². The van der Waals surface area contributed by atoms with Crippen LogP contribution in [0.4, 0.5) is 4.79 Å². The molecule has 0 aliphatic carbocycles. The summed E-state index contributed by atoms with van der Waals surface area (Å²) in [5.74, 6) is 0. The zero-order valence-corrected chi connectivity index (χ0v) is 12.8. The molecule has 1 aromatic carbocycles. The van der Waals surface area contributed by atoms with Gasteiger partial charge in [-0.15, -0.1) is 11.3 Å². The molecule has 1 atom stereocenters. The van der Waals surface area contributed by atoms with E-state index in [4.69, 9.17) is 0 Å². The molecule has 0 aliphatic heterocycles. The Morgan fingerprint density at radius 2 is 2.00 bits per heavy atom. The highest BCUT2D eigenvalue weighted by atomic mass is 32.1. The number of aromatic nitrogens is 1. The van der Waals surface area contributed by atoms with Crippen LogP contribution in [0.3, 0.4) is 0 Å². The predicted octanol–water partition coefficient (Wildman–Crippen LogP) is 3.32. The van der Waals surface area contributed by atoms with Crippen LogP contribution >= 0.6 is 11.3 Å². The molecule has 2 aromatic rings. The third-order valence-corrected chi connectivity index (χ3v) is 3.96. The summed E-state index contributed by atoms with van der Waals surface area (Å²) in [5, 5.41) is 8.63. The fraction of sp³-hybridized carbons (Fsp3) is 0.333. The number of benzene rings is 1. The van der Waals surface area contributed by atoms with E-state index in [9.17, 15) is 4.79 Å². The average molecular weight is 289 g/mol. The van der Waals surface area contributed by atoms with Crippen molar-refractivity contribution in [3.8, 4) is 0 Å². The van der Waals surface area contributed by atoms with Gasteiger partial charge in [0.2, 0.25) is 0 Å². The van der Waals surface area contributed by atoms with E-state index < -0.39 is 0 Å². The van der Waals surface area contributed by atoms with E-state index in [1.54, 1.807) is 11.3 Å². The number of rotatable bonds is 4. The minimum Gasteiger partial charge on any atom is -0.332 e. The second-order valence-corrected chi connectivity index (χ2v) is 5.78. The van der Waals surface area contributed by atoms with Crippen molar-refractivity contribution in [3.05, 3.63) is 51.5 Å². The first-order chi connectivity index (χ1) is 9.54. The molecule has 2 rings (SSSR count). The Labute approximate surface area is 123 Å². The Hall–Kier alpha value is -1.88. The van der Waals surface area contributed by atoms with Crippen molar-refractivity contribution in [2.75, 3.05) is 0 Å². The van der Waals surface area contributed by atoms with Gasteiger partial charge in [0.15, 0.2) is 0 Å². The number of thiazole rings is 1. The van der Waals surface area contributed by atoms with E-state index >= 15 is 0 Å². The minimum absolute atomic E-state index is 0.0198. The number of nitrogens with one attached hydrogen (secondary N) is 2. The molecule has 5 heteroatoms. The normalized spacial score (nSPS) is 11.9. The molecule has 2 N–H and O–H groups in total. The van der Waals surface area contributed by atoms with Gasteiger partial charge in [0.05, 0.1) is 12.6 Å².